The normalized spacial score (nSPS) is 21.4. The molecule has 6 nitrogen and oxygen atoms in total. The van der Waals surface area contributed by atoms with Gasteiger partial charge in [-0.25, -0.2) is 4.39 Å². The highest BCUT2D eigenvalue weighted by molar-refractivity contribution is 7.13. The van der Waals surface area contributed by atoms with Crippen molar-refractivity contribution < 1.29 is 14.0 Å². The molecule has 0 radical (unpaired) electrons. The number of carbonyl (C=O) groups excluding carboxylic acids is 2. The quantitative estimate of drug-likeness (QED) is 0.663. The van der Waals surface area contributed by atoms with Crippen LogP contribution in [0.4, 0.5) is 10.1 Å². The largest absolute Gasteiger partial charge is 0.351 e. The summed E-state index contributed by atoms with van der Waals surface area (Å²) in [6, 6.07) is 11.6. The molecule has 0 saturated heterocycles. The third-order valence-electron chi connectivity index (χ3n) is 6.17. The van der Waals surface area contributed by atoms with Gasteiger partial charge in [-0.05, 0) is 55.5 Å². The van der Waals surface area contributed by atoms with Gasteiger partial charge in [0.05, 0.1) is 11.4 Å². The standard InChI is InChI=1S/C23H23FN4O2S/c1-23(22(30)25-16-7-2-3-8-16)14-27-19(13-18(26-27)20-10-5-11-31-20)21(29)28(23)17-9-4-6-15(24)12-17/h4-6,9-13,16H,2-3,7-8,14H2,1H3,(H,25,30)/t23-/m1/s1. The van der Waals surface area contributed by atoms with Crippen LogP contribution in [0.25, 0.3) is 10.6 Å². The molecule has 0 unspecified atom stereocenters. The van der Waals surface area contributed by atoms with Gasteiger partial charge in [-0.15, -0.1) is 11.3 Å². The van der Waals surface area contributed by atoms with E-state index in [0.29, 0.717) is 17.1 Å². The highest BCUT2D eigenvalue weighted by atomic mass is 32.1. The zero-order valence-electron chi connectivity index (χ0n) is 17.2. The van der Waals surface area contributed by atoms with Gasteiger partial charge in [0, 0.05) is 11.7 Å². The summed E-state index contributed by atoms with van der Waals surface area (Å²) < 4.78 is 15.7. The second-order valence-corrected chi connectivity index (χ2v) is 9.35. The molecule has 2 aromatic heterocycles. The molecule has 2 amide bonds. The first-order valence-corrected chi connectivity index (χ1v) is 11.4. The van der Waals surface area contributed by atoms with E-state index in [4.69, 9.17) is 0 Å². The number of rotatable bonds is 4. The highest BCUT2D eigenvalue weighted by Gasteiger charge is 2.49. The Labute approximate surface area is 183 Å². The molecule has 1 aliphatic heterocycles. The van der Waals surface area contributed by atoms with Crippen molar-refractivity contribution in [3.63, 3.8) is 0 Å². The molecule has 0 bridgehead atoms. The molecule has 1 fully saturated rings. The first kappa shape index (κ1) is 19.9. The topological polar surface area (TPSA) is 67.2 Å². The van der Waals surface area contributed by atoms with Crippen LogP contribution in [0.5, 0.6) is 0 Å². The van der Waals surface area contributed by atoms with E-state index in [-0.39, 0.29) is 24.4 Å². The van der Waals surface area contributed by atoms with E-state index in [1.807, 2.05) is 17.5 Å². The number of halogens is 1. The van der Waals surface area contributed by atoms with Gasteiger partial charge in [0.1, 0.15) is 22.7 Å². The molecule has 1 aromatic carbocycles. The average Bonchev–Trinajstić information content (AvgIpc) is 3.49. The lowest BCUT2D eigenvalue weighted by Gasteiger charge is -2.43. The second-order valence-electron chi connectivity index (χ2n) is 8.40. The van der Waals surface area contributed by atoms with Crippen LogP contribution in [0.1, 0.15) is 43.1 Å². The summed E-state index contributed by atoms with van der Waals surface area (Å²) in [6.07, 6.45) is 4.04. The number of amides is 2. The first-order valence-electron chi connectivity index (χ1n) is 10.5. The zero-order chi connectivity index (χ0) is 21.6. The van der Waals surface area contributed by atoms with Gasteiger partial charge >= 0.3 is 0 Å². The Balaban J connectivity index is 1.59. The van der Waals surface area contributed by atoms with Crippen molar-refractivity contribution in [3.8, 4) is 10.6 Å². The molecule has 0 spiro atoms. The van der Waals surface area contributed by atoms with E-state index in [0.717, 1.165) is 30.6 Å². The van der Waals surface area contributed by atoms with Crippen molar-refractivity contribution in [3.05, 3.63) is 59.4 Å². The zero-order valence-corrected chi connectivity index (χ0v) is 18.0. The van der Waals surface area contributed by atoms with E-state index in [9.17, 15) is 14.0 Å². The number of benzene rings is 1. The summed E-state index contributed by atoms with van der Waals surface area (Å²) in [4.78, 5) is 29.5. The van der Waals surface area contributed by atoms with Gasteiger partial charge in [0.2, 0.25) is 5.91 Å². The fourth-order valence-electron chi connectivity index (χ4n) is 4.56. The SMILES string of the molecule is C[C@]1(C(=O)NC2CCCC2)Cn2nc(-c3cccs3)cc2C(=O)N1c1cccc(F)c1. The second kappa shape index (κ2) is 7.60. The highest BCUT2D eigenvalue weighted by Crippen LogP contribution is 2.35. The number of hydrogen-bond acceptors (Lipinski definition) is 4. The van der Waals surface area contributed by atoms with E-state index < -0.39 is 11.4 Å². The summed E-state index contributed by atoms with van der Waals surface area (Å²) in [5.41, 5.74) is 0.204. The van der Waals surface area contributed by atoms with Gasteiger partial charge in [-0.3, -0.25) is 19.2 Å². The maximum absolute atomic E-state index is 14.1. The summed E-state index contributed by atoms with van der Waals surface area (Å²) in [7, 11) is 0. The summed E-state index contributed by atoms with van der Waals surface area (Å²) in [5, 5.41) is 9.70. The number of nitrogens with zero attached hydrogens (tertiary/aromatic N) is 3. The maximum atomic E-state index is 14.1. The van der Waals surface area contributed by atoms with Crippen LogP contribution in [-0.4, -0.2) is 33.2 Å². The van der Waals surface area contributed by atoms with Crippen molar-refractivity contribution in [1.82, 2.24) is 15.1 Å². The third-order valence-corrected chi connectivity index (χ3v) is 7.07. The lowest BCUT2D eigenvalue weighted by molar-refractivity contribution is -0.127. The fourth-order valence-corrected chi connectivity index (χ4v) is 5.24. The van der Waals surface area contributed by atoms with Gasteiger partial charge in [0.15, 0.2) is 0 Å². The van der Waals surface area contributed by atoms with Crippen LogP contribution >= 0.6 is 11.3 Å². The molecule has 2 aliphatic rings. The summed E-state index contributed by atoms with van der Waals surface area (Å²) in [6.45, 7) is 1.92. The Morgan fingerprint density at radius 3 is 2.74 bits per heavy atom. The molecule has 3 heterocycles. The molecule has 1 saturated carbocycles. The Hall–Kier alpha value is -3.00. The summed E-state index contributed by atoms with van der Waals surface area (Å²) in [5.74, 6) is -1.06. The van der Waals surface area contributed by atoms with Crippen molar-refractivity contribution >= 4 is 28.8 Å². The van der Waals surface area contributed by atoms with Gasteiger partial charge in [0.25, 0.3) is 5.91 Å². The van der Waals surface area contributed by atoms with Gasteiger partial charge in [-0.2, -0.15) is 5.10 Å². The lowest BCUT2D eigenvalue weighted by Crippen LogP contribution is -2.65. The van der Waals surface area contributed by atoms with E-state index in [1.165, 1.54) is 28.4 Å². The Morgan fingerprint density at radius 1 is 1.23 bits per heavy atom. The predicted octanol–water partition coefficient (Wildman–Crippen LogP) is 4.23. The van der Waals surface area contributed by atoms with Crippen LogP contribution in [0.2, 0.25) is 0 Å². The number of thiophene rings is 1. The van der Waals surface area contributed by atoms with Gasteiger partial charge in [-0.1, -0.05) is 25.0 Å². The van der Waals surface area contributed by atoms with Crippen LogP contribution < -0.4 is 10.2 Å². The minimum absolute atomic E-state index is 0.106. The summed E-state index contributed by atoms with van der Waals surface area (Å²) >= 11 is 1.54. The smallest absolute Gasteiger partial charge is 0.277 e. The van der Waals surface area contributed by atoms with E-state index in [2.05, 4.69) is 10.4 Å². The number of fused-ring (bicyclic) bond motifs is 1. The third kappa shape index (κ3) is 3.44. The molecule has 3 aromatic rings. The molecule has 1 aliphatic carbocycles. The Kier molecular flexibility index (Phi) is 4.89. The predicted molar refractivity (Wildman–Crippen MR) is 118 cm³/mol. The number of nitrogens with one attached hydrogen (secondary N) is 1. The number of anilines is 1. The molecule has 1 atom stereocenters. The first-order chi connectivity index (χ1) is 15.0. The fraction of sp³-hybridized carbons (Fsp3) is 0.348. The molecule has 1 N–H and O–H groups in total. The molecule has 160 valence electrons. The van der Waals surface area contributed by atoms with Crippen LogP contribution in [0.15, 0.2) is 47.8 Å². The number of aromatic nitrogens is 2. The molecular formula is C23H23FN4O2S. The van der Waals surface area contributed by atoms with Crippen molar-refractivity contribution in [2.75, 3.05) is 4.90 Å². The molecule has 31 heavy (non-hydrogen) atoms. The average molecular weight is 439 g/mol. The van der Waals surface area contributed by atoms with Crippen molar-refractivity contribution in [2.45, 2.75) is 50.7 Å². The van der Waals surface area contributed by atoms with E-state index >= 15 is 0 Å². The maximum Gasteiger partial charge on any atom is 0.277 e. The van der Waals surface area contributed by atoms with Gasteiger partial charge < -0.3 is 5.32 Å². The molecule has 8 heteroatoms. The number of hydrogen-bond donors (Lipinski definition) is 1. The molecule has 5 rings (SSSR count). The lowest BCUT2D eigenvalue weighted by atomic mass is 9.93. The van der Waals surface area contributed by atoms with Crippen molar-refractivity contribution in [1.29, 1.82) is 0 Å². The number of carbonyl (C=O) groups is 2. The minimum atomic E-state index is -1.24. The molecular weight excluding hydrogens is 415 g/mol. The monoisotopic (exact) mass is 438 g/mol. The van der Waals surface area contributed by atoms with Crippen LogP contribution in [0, 0.1) is 5.82 Å². The van der Waals surface area contributed by atoms with Crippen molar-refractivity contribution in [2.24, 2.45) is 0 Å². The Bertz CT molecular complexity index is 1140. The minimum Gasteiger partial charge on any atom is -0.351 e. The van der Waals surface area contributed by atoms with Crippen LogP contribution in [0.3, 0.4) is 0 Å². The van der Waals surface area contributed by atoms with Crippen LogP contribution in [-0.2, 0) is 11.3 Å². The van der Waals surface area contributed by atoms with E-state index in [1.54, 1.807) is 29.8 Å². The Morgan fingerprint density at radius 2 is 2.03 bits per heavy atom.